The van der Waals surface area contributed by atoms with E-state index in [-0.39, 0.29) is 5.41 Å². The van der Waals surface area contributed by atoms with Crippen LogP contribution in [0.3, 0.4) is 0 Å². The fraction of sp³-hybridized carbons (Fsp3) is 0.0588. The lowest BCUT2D eigenvalue weighted by atomic mass is 9.82. The molecule has 0 bridgehead atoms. The van der Waals surface area contributed by atoms with Crippen LogP contribution in [0.5, 0.6) is 0 Å². The maximum Gasteiger partial charge on any atom is 0.0583 e. The van der Waals surface area contributed by atoms with Crippen molar-refractivity contribution >= 4 is 55.9 Å². The summed E-state index contributed by atoms with van der Waals surface area (Å²) in [6.45, 7) is 4.71. The summed E-state index contributed by atoms with van der Waals surface area (Å²) in [7, 11) is 0. The summed E-state index contributed by atoms with van der Waals surface area (Å²) in [5, 5.41) is 2.41. The minimum atomic E-state index is -0.128. The van der Waals surface area contributed by atoms with E-state index < -0.39 is 0 Å². The van der Waals surface area contributed by atoms with Gasteiger partial charge in [0.1, 0.15) is 0 Å². The molecule has 0 spiro atoms. The molecule has 9 aromatic rings. The zero-order valence-corrected chi connectivity index (χ0v) is 30.4. The number of anilines is 6. The summed E-state index contributed by atoms with van der Waals surface area (Å²) < 4.78 is 2.43. The molecule has 0 saturated heterocycles. The Balaban J connectivity index is 1.31. The molecule has 1 aliphatic carbocycles. The highest BCUT2D eigenvalue weighted by molar-refractivity contribution is 6.18. The molecule has 3 nitrogen and oxygen atoms in total. The van der Waals surface area contributed by atoms with Crippen molar-refractivity contribution in [2.45, 2.75) is 19.3 Å². The summed E-state index contributed by atoms with van der Waals surface area (Å²) in [4.78, 5) is 4.85. The number of para-hydroxylation sites is 5. The van der Waals surface area contributed by atoms with Crippen molar-refractivity contribution in [1.29, 1.82) is 0 Å². The Morgan fingerprint density at radius 1 is 0.389 bits per heavy atom. The number of rotatable bonds is 7. The number of fused-ring (bicyclic) bond motifs is 6. The van der Waals surface area contributed by atoms with Crippen molar-refractivity contribution in [1.82, 2.24) is 4.57 Å². The van der Waals surface area contributed by atoms with Gasteiger partial charge in [0, 0.05) is 44.6 Å². The molecule has 10 rings (SSSR count). The molecule has 0 unspecified atom stereocenters. The molecular weight excluding hydrogens is 655 g/mol. The van der Waals surface area contributed by atoms with Gasteiger partial charge in [-0.05, 0) is 101 Å². The first kappa shape index (κ1) is 31.9. The van der Waals surface area contributed by atoms with E-state index in [0.717, 1.165) is 45.3 Å². The quantitative estimate of drug-likeness (QED) is 0.165. The van der Waals surface area contributed by atoms with Gasteiger partial charge in [0.25, 0.3) is 0 Å². The van der Waals surface area contributed by atoms with Gasteiger partial charge < -0.3 is 14.4 Å². The van der Waals surface area contributed by atoms with Gasteiger partial charge in [-0.15, -0.1) is 0 Å². The number of benzene rings is 8. The number of nitrogens with zero attached hydrogens (tertiary/aromatic N) is 3. The number of aromatic nitrogens is 1. The van der Waals surface area contributed by atoms with Crippen LogP contribution in [-0.4, -0.2) is 4.57 Å². The zero-order valence-electron chi connectivity index (χ0n) is 30.4. The van der Waals surface area contributed by atoms with Gasteiger partial charge in [0.05, 0.1) is 22.4 Å². The van der Waals surface area contributed by atoms with Gasteiger partial charge in [-0.3, -0.25) is 0 Å². The van der Waals surface area contributed by atoms with E-state index in [1.807, 2.05) is 0 Å². The van der Waals surface area contributed by atoms with Gasteiger partial charge >= 0.3 is 0 Å². The molecule has 0 amide bonds. The topological polar surface area (TPSA) is 11.4 Å². The molecule has 54 heavy (non-hydrogen) atoms. The van der Waals surface area contributed by atoms with E-state index in [9.17, 15) is 0 Å². The van der Waals surface area contributed by atoms with Gasteiger partial charge in [-0.25, -0.2) is 0 Å². The standard InChI is InChI=1S/C51H39N3/c1-51(2)45-29-17-15-27-42(45)43-32-31-40(33-46(43)51)52(36-19-7-3-8-20-36)41-34-48(53(37-21-9-4-10-22-37)38-23-11-5-12-24-38)50-44-28-16-18-30-47(44)54(49(50)35-41)39-25-13-6-14-26-39/h3-35H,1-2H3. The SMILES string of the molecule is CC1(C)c2ccccc2-c2ccc(N(c3ccccc3)c3cc(N(c4ccccc4)c4ccccc4)c4c5ccccc5n(-c5ccccc5)c4c3)cc21. The summed E-state index contributed by atoms with van der Waals surface area (Å²) in [5.41, 5.74) is 15.3. The van der Waals surface area contributed by atoms with Crippen LogP contribution in [-0.2, 0) is 5.41 Å². The molecule has 1 heterocycles. The third-order valence-electron chi connectivity index (χ3n) is 11.1. The van der Waals surface area contributed by atoms with Gasteiger partial charge in [0.15, 0.2) is 0 Å². The minimum absolute atomic E-state index is 0.128. The Bertz CT molecular complexity index is 2750. The average Bonchev–Trinajstić information content (AvgIpc) is 3.68. The van der Waals surface area contributed by atoms with E-state index in [2.05, 4.69) is 228 Å². The predicted molar refractivity (Wildman–Crippen MR) is 228 cm³/mol. The normalized spacial score (nSPS) is 12.8. The van der Waals surface area contributed by atoms with E-state index in [0.29, 0.717) is 0 Å². The third-order valence-corrected chi connectivity index (χ3v) is 11.1. The van der Waals surface area contributed by atoms with Crippen LogP contribution < -0.4 is 9.80 Å². The fourth-order valence-electron chi connectivity index (χ4n) is 8.66. The van der Waals surface area contributed by atoms with Crippen LogP contribution in [0.1, 0.15) is 25.0 Å². The van der Waals surface area contributed by atoms with Crippen molar-refractivity contribution in [2.75, 3.05) is 9.80 Å². The third kappa shape index (κ3) is 5.04. The lowest BCUT2D eigenvalue weighted by Crippen LogP contribution is -2.17. The molecule has 0 fully saturated rings. The highest BCUT2D eigenvalue weighted by atomic mass is 15.2. The summed E-state index contributed by atoms with van der Waals surface area (Å²) >= 11 is 0. The van der Waals surface area contributed by atoms with Gasteiger partial charge in [-0.1, -0.05) is 135 Å². The minimum Gasteiger partial charge on any atom is -0.310 e. The van der Waals surface area contributed by atoms with Crippen molar-refractivity contribution in [2.24, 2.45) is 0 Å². The second kappa shape index (κ2) is 12.7. The smallest absolute Gasteiger partial charge is 0.0583 e. The number of hydrogen-bond acceptors (Lipinski definition) is 2. The van der Waals surface area contributed by atoms with Crippen molar-refractivity contribution in [3.8, 4) is 16.8 Å². The summed E-state index contributed by atoms with van der Waals surface area (Å²) in [6.07, 6.45) is 0. The Kier molecular flexibility index (Phi) is 7.48. The Morgan fingerprint density at radius 3 is 1.59 bits per heavy atom. The zero-order chi connectivity index (χ0) is 36.2. The maximum absolute atomic E-state index is 2.43. The molecule has 258 valence electrons. The lowest BCUT2D eigenvalue weighted by molar-refractivity contribution is 0.660. The van der Waals surface area contributed by atoms with Crippen molar-refractivity contribution in [3.63, 3.8) is 0 Å². The molecule has 0 saturated carbocycles. The highest BCUT2D eigenvalue weighted by Gasteiger charge is 2.36. The number of hydrogen-bond donors (Lipinski definition) is 0. The molecule has 0 N–H and O–H groups in total. The van der Waals surface area contributed by atoms with Crippen molar-refractivity contribution in [3.05, 3.63) is 211 Å². The van der Waals surface area contributed by atoms with Crippen LogP contribution in [0.2, 0.25) is 0 Å². The van der Waals surface area contributed by atoms with Crippen LogP contribution in [0, 0.1) is 0 Å². The first-order valence-corrected chi connectivity index (χ1v) is 18.7. The van der Waals surface area contributed by atoms with E-state index in [1.54, 1.807) is 0 Å². The average molecular weight is 694 g/mol. The van der Waals surface area contributed by atoms with Crippen LogP contribution in [0.15, 0.2) is 200 Å². The maximum atomic E-state index is 2.43. The lowest BCUT2D eigenvalue weighted by Gasteiger charge is -2.31. The molecule has 0 radical (unpaired) electrons. The van der Waals surface area contributed by atoms with E-state index in [4.69, 9.17) is 0 Å². The van der Waals surface area contributed by atoms with Crippen LogP contribution in [0.25, 0.3) is 38.6 Å². The molecule has 0 atom stereocenters. The second-order valence-electron chi connectivity index (χ2n) is 14.6. The monoisotopic (exact) mass is 693 g/mol. The second-order valence-corrected chi connectivity index (χ2v) is 14.6. The summed E-state index contributed by atoms with van der Waals surface area (Å²) in [6, 6.07) is 72.6. The molecule has 1 aromatic heterocycles. The molecular formula is C51H39N3. The molecule has 0 aliphatic heterocycles. The van der Waals surface area contributed by atoms with E-state index >= 15 is 0 Å². The van der Waals surface area contributed by atoms with Crippen LogP contribution in [0.4, 0.5) is 34.1 Å². The Labute approximate surface area is 316 Å². The first-order valence-electron chi connectivity index (χ1n) is 18.7. The van der Waals surface area contributed by atoms with Crippen molar-refractivity contribution < 1.29 is 0 Å². The fourth-order valence-corrected chi connectivity index (χ4v) is 8.66. The first-order chi connectivity index (χ1) is 26.6. The molecule has 1 aliphatic rings. The largest absolute Gasteiger partial charge is 0.310 e. The van der Waals surface area contributed by atoms with Crippen LogP contribution >= 0.6 is 0 Å². The Morgan fingerprint density at radius 2 is 0.926 bits per heavy atom. The molecule has 3 heteroatoms. The molecule has 8 aromatic carbocycles. The summed E-state index contributed by atoms with van der Waals surface area (Å²) in [5.74, 6) is 0. The van der Waals surface area contributed by atoms with Gasteiger partial charge in [0.2, 0.25) is 0 Å². The highest BCUT2D eigenvalue weighted by Crippen LogP contribution is 2.52. The van der Waals surface area contributed by atoms with Gasteiger partial charge in [-0.2, -0.15) is 0 Å². The Hall–Kier alpha value is -6.84. The van der Waals surface area contributed by atoms with E-state index in [1.165, 1.54) is 38.5 Å². The predicted octanol–water partition coefficient (Wildman–Crippen LogP) is 14.0.